The Kier molecular flexibility index (Phi) is 5.95. The minimum atomic E-state index is -0.202. The highest BCUT2D eigenvalue weighted by atomic mass is 79.9. The van der Waals surface area contributed by atoms with Crippen LogP contribution in [0.4, 0.5) is 5.69 Å². The van der Waals surface area contributed by atoms with Gasteiger partial charge in [-0.15, -0.1) is 5.10 Å². The molecule has 2 aromatic carbocycles. The van der Waals surface area contributed by atoms with Gasteiger partial charge in [0.15, 0.2) is 0 Å². The maximum Gasteiger partial charge on any atom is 0.333 e. The zero-order valence-corrected chi connectivity index (χ0v) is 19.5. The number of anilines is 1. The standard InChI is InChI=1S/C24H23BrN6O2/c25-17-10-12-18(13-11-17)26-23(32)16-29-14-19(27-28-29)15-30-21-8-4-5-9-22(21)31(24(30)33)20-6-2-1-3-7-20/h4-6,8-14H,1-3,7,15-16H2,(H,26,32). The Morgan fingerprint density at radius 2 is 1.85 bits per heavy atom. The first-order chi connectivity index (χ1) is 16.1. The van der Waals surface area contributed by atoms with Crippen LogP contribution in [-0.2, 0) is 17.9 Å². The molecule has 0 saturated heterocycles. The number of imidazole rings is 1. The summed E-state index contributed by atoms with van der Waals surface area (Å²) in [6.45, 7) is 0.320. The Hall–Kier alpha value is -3.46. The number of hydrogen-bond donors (Lipinski definition) is 1. The second kappa shape index (κ2) is 9.19. The van der Waals surface area contributed by atoms with Gasteiger partial charge in [0, 0.05) is 15.9 Å². The Balaban J connectivity index is 1.36. The van der Waals surface area contributed by atoms with E-state index < -0.39 is 0 Å². The predicted octanol–water partition coefficient (Wildman–Crippen LogP) is 4.26. The molecular formula is C24H23BrN6O2. The van der Waals surface area contributed by atoms with Crippen LogP contribution in [0.2, 0.25) is 0 Å². The average molecular weight is 507 g/mol. The van der Waals surface area contributed by atoms with Crippen molar-refractivity contribution >= 4 is 44.3 Å². The fourth-order valence-electron chi connectivity index (χ4n) is 4.19. The molecule has 8 nitrogen and oxygen atoms in total. The first-order valence-electron chi connectivity index (χ1n) is 10.9. The SMILES string of the molecule is O=C(Cn1cc(Cn2c(=O)n(C3=CCCCC3)c3ccccc32)nn1)Nc1ccc(Br)cc1. The summed E-state index contributed by atoms with van der Waals surface area (Å²) < 4.78 is 5.97. The number of halogens is 1. The highest BCUT2D eigenvalue weighted by Gasteiger charge is 2.18. The van der Waals surface area contributed by atoms with E-state index >= 15 is 0 Å². The van der Waals surface area contributed by atoms with Crippen molar-refractivity contribution in [3.05, 3.63) is 81.5 Å². The largest absolute Gasteiger partial charge is 0.333 e. The number of aromatic nitrogens is 5. The number of nitrogens with one attached hydrogen (secondary N) is 1. The van der Waals surface area contributed by atoms with Crippen LogP contribution in [0.25, 0.3) is 16.7 Å². The van der Waals surface area contributed by atoms with Crippen molar-refractivity contribution in [3.8, 4) is 0 Å². The monoisotopic (exact) mass is 506 g/mol. The van der Waals surface area contributed by atoms with Gasteiger partial charge in [0.05, 0.1) is 23.8 Å². The fraction of sp³-hybridized carbons (Fsp3) is 0.250. The summed E-state index contributed by atoms with van der Waals surface area (Å²) in [5, 5.41) is 11.1. The molecule has 168 valence electrons. The van der Waals surface area contributed by atoms with Crippen molar-refractivity contribution in [1.29, 1.82) is 0 Å². The van der Waals surface area contributed by atoms with E-state index in [1.165, 1.54) is 4.68 Å². The van der Waals surface area contributed by atoms with Gasteiger partial charge in [-0.25, -0.2) is 9.48 Å². The third-order valence-electron chi connectivity index (χ3n) is 5.73. The molecule has 0 spiro atoms. The summed E-state index contributed by atoms with van der Waals surface area (Å²) in [6.07, 6.45) is 8.03. The lowest BCUT2D eigenvalue weighted by molar-refractivity contribution is -0.116. The van der Waals surface area contributed by atoms with Gasteiger partial charge in [0.2, 0.25) is 5.91 Å². The van der Waals surface area contributed by atoms with E-state index in [-0.39, 0.29) is 24.7 Å². The number of amides is 1. The van der Waals surface area contributed by atoms with E-state index in [0.29, 0.717) is 11.4 Å². The van der Waals surface area contributed by atoms with Gasteiger partial charge in [0.25, 0.3) is 0 Å². The average Bonchev–Trinajstić information content (AvgIpc) is 3.38. The van der Waals surface area contributed by atoms with Crippen LogP contribution in [0.5, 0.6) is 0 Å². The molecule has 4 aromatic rings. The second-order valence-corrected chi connectivity index (χ2v) is 9.01. The molecule has 1 N–H and O–H groups in total. The number of fused-ring (bicyclic) bond motifs is 1. The summed E-state index contributed by atoms with van der Waals surface area (Å²) >= 11 is 3.38. The van der Waals surface area contributed by atoms with Gasteiger partial charge in [-0.1, -0.05) is 39.4 Å². The Morgan fingerprint density at radius 3 is 2.61 bits per heavy atom. The lowest BCUT2D eigenvalue weighted by Gasteiger charge is -2.13. The van der Waals surface area contributed by atoms with Gasteiger partial charge in [0.1, 0.15) is 12.2 Å². The first-order valence-corrected chi connectivity index (χ1v) is 11.7. The lowest BCUT2D eigenvalue weighted by Crippen LogP contribution is -2.25. The highest BCUT2D eigenvalue weighted by molar-refractivity contribution is 9.10. The zero-order chi connectivity index (χ0) is 22.8. The van der Waals surface area contributed by atoms with E-state index in [1.54, 1.807) is 10.8 Å². The van der Waals surface area contributed by atoms with Crippen LogP contribution in [0.1, 0.15) is 31.4 Å². The summed E-state index contributed by atoms with van der Waals surface area (Å²) in [4.78, 5) is 25.7. The molecule has 1 amide bonds. The van der Waals surface area contributed by atoms with Gasteiger partial charge in [-0.05, 0) is 62.1 Å². The summed E-state index contributed by atoms with van der Waals surface area (Å²) in [5.74, 6) is -0.202. The van der Waals surface area contributed by atoms with Crippen molar-refractivity contribution in [2.24, 2.45) is 0 Å². The summed E-state index contributed by atoms with van der Waals surface area (Å²) in [5.41, 5.74) is 4.07. The van der Waals surface area contributed by atoms with Crippen molar-refractivity contribution in [2.45, 2.75) is 38.8 Å². The van der Waals surface area contributed by atoms with Gasteiger partial charge < -0.3 is 5.32 Å². The van der Waals surface area contributed by atoms with Crippen molar-refractivity contribution in [1.82, 2.24) is 24.1 Å². The van der Waals surface area contributed by atoms with Crippen LogP contribution < -0.4 is 11.0 Å². The Labute approximate surface area is 198 Å². The maximum atomic E-state index is 13.4. The molecule has 9 heteroatoms. The number of para-hydroxylation sites is 2. The number of rotatable bonds is 6. The normalized spacial score (nSPS) is 13.8. The van der Waals surface area contributed by atoms with Crippen LogP contribution in [0, 0.1) is 0 Å². The van der Waals surface area contributed by atoms with Crippen molar-refractivity contribution in [3.63, 3.8) is 0 Å². The van der Waals surface area contributed by atoms with E-state index in [1.807, 2.05) is 53.1 Å². The van der Waals surface area contributed by atoms with E-state index in [0.717, 1.165) is 46.9 Å². The number of benzene rings is 2. The van der Waals surface area contributed by atoms with E-state index in [4.69, 9.17) is 0 Å². The molecule has 2 heterocycles. The molecule has 0 unspecified atom stereocenters. The van der Waals surface area contributed by atoms with Crippen LogP contribution in [0.15, 0.2) is 70.1 Å². The third kappa shape index (κ3) is 4.54. The zero-order valence-electron chi connectivity index (χ0n) is 17.9. The quantitative estimate of drug-likeness (QED) is 0.423. The molecular weight excluding hydrogens is 484 g/mol. The molecule has 33 heavy (non-hydrogen) atoms. The Morgan fingerprint density at radius 1 is 1.06 bits per heavy atom. The number of carbonyl (C=O) groups is 1. The molecule has 2 aromatic heterocycles. The molecule has 1 aliphatic carbocycles. The minimum absolute atomic E-state index is 0.0343. The number of nitrogens with zero attached hydrogens (tertiary/aromatic N) is 5. The third-order valence-corrected chi connectivity index (χ3v) is 6.26. The second-order valence-electron chi connectivity index (χ2n) is 8.10. The number of hydrogen-bond acceptors (Lipinski definition) is 4. The van der Waals surface area contributed by atoms with Crippen LogP contribution in [-0.4, -0.2) is 30.0 Å². The van der Waals surface area contributed by atoms with E-state index in [2.05, 4.69) is 37.6 Å². The molecule has 0 saturated carbocycles. The maximum absolute atomic E-state index is 13.4. The number of allylic oxidation sites excluding steroid dienone is 2. The molecule has 0 bridgehead atoms. The van der Waals surface area contributed by atoms with Crippen LogP contribution in [0.3, 0.4) is 0 Å². The van der Waals surface area contributed by atoms with Gasteiger partial charge >= 0.3 is 5.69 Å². The molecule has 0 fully saturated rings. The van der Waals surface area contributed by atoms with Crippen LogP contribution >= 0.6 is 15.9 Å². The van der Waals surface area contributed by atoms with Gasteiger partial charge in [-0.3, -0.25) is 13.9 Å². The summed E-state index contributed by atoms with van der Waals surface area (Å²) in [6, 6.07) is 15.2. The van der Waals surface area contributed by atoms with Crippen molar-refractivity contribution in [2.75, 3.05) is 5.32 Å². The summed E-state index contributed by atoms with van der Waals surface area (Å²) in [7, 11) is 0. The van der Waals surface area contributed by atoms with Crippen molar-refractivity contribution < 1.29 is 4.79 Å². The number of carbonyl (C=O) groups excluding carboxylic acids is 1. The lowest BCUT2D eigenvalue weighted by atomic mass is 10.0. The highest BCUT2D eigenvalue weighted by Crippen LogP contribution is 2.25. The smallest absolute Gasteiger partial charge is 0.324 e. The first kappa shape index (κ1) is 21.4. The topological polar surface area (TPSA) is 86.7 Å². The minimum Gasteiger partial charge on any atom is -0.324 e. The molecule has 1 aliphatic rings. The molecule has 0 radical (unpaired) electrons. The molecule has 0 atom stereocenters. The molecule has 0 aliphatic heterocycles. The van der Waals surface area contributed by atoms with Gasteiger partial charge in [-0.2, -0.15) is 0 Å². The van der Waals surface area contributed by atoms with E-state index in [9.17, 15) is 9.59 Å². The fourth-order valence-corrected chi connectivity index (χ4v) is 4.46. The Bertz CT molecular complexity index is 1400. The molecule has 5 rings (SSSR count). The predicted molar refractivity (Wildman–Crippen MR) is 131 cm³/mol.